The number of carbonyl (C=O) groups is 4. The van der Waals surface area contributed by atoms with Crippen molar-refractivity contribution in [3.8, 4) is 0 Å². The van der Waals surface area contributed by atoms with E-state index in [-0.39, 0.29) is 37.4 Å². The van der Waals surface area contributed by atoms with Gasteiger partial charge in [-0.2, -0.15) is 0 Å². The molecule has 0 aromatic heterocycles. The van der Waals surface area contributed by atoms with Crippen molar-refractivity contribution in [1.82, 2.24) is 15.1 Å². The summed E-state index contributed by atoms with van der Waals surface area (Å²) in [5.74, 6) is -3.18. The quantitative estimate of drug-likeness (QED) is 0.288. The molecule has 0 unspecified atom stereocenters. The van der Waals surface area contributed by atoms with Crippen molar-refractivity contribution < 1.29 is 33.8 Å². The number of ether oxygens (including phenoxy) is 2. The predicted molar refractivity (Wildman–Crippen MR) is 141 cm³/mol. The first-order chi connectivity index (χ1) is 17.8. The maximum atomic E-state index is 14.1. The van der Waals surface area contributed by atoms with E-state index in [4.69, 9.17) is 9.47 Å². The first-order valence-electron chi connectivity index (χ1n) is 13.4. The van der Waals surface area contributed by atoms with Gasteiger partial charge in [0.05, 0.1) is 37.1 Å². The molecule has 0 aromatic carbocycles. The zero-order chi connectivity index (χ0) is 28.4. The Bertz CT molecular complexity index is 961. The summed E-state index contributed by atoms with van der Waals surface area (Å²) in [4.78, 5) is 56.4. The lowest BCUT2D eigenvalue weighted by molar-refractivity contribution is -0.160. The number of nitrogens with one attached hydrogen (secondary N) is 1. The molecular formula is C28H43N3O7. The van der Waals surface area contributed by atoms with Crippen molar-refractivity contribution in [2.45, 2.75) is 95.7 Å². The first-order valence-corrected chi connectivity index (χ1v) is 13.4. The number of esters is 1. The molecule has 212 valence electrons. The summed E-state index contributed by atoms with van der Waals surface area (Å²) in [6.45, 7) is 16.5. The molecule has 0 radical (unpaired) electrons. The van der Waals surface area contributed by atoms with Crippen LogP contribution in [0.2, 0.25) is 0 Å². The highest BCUT2D eigenvalue weighted by Crippen LogP contribution is 2.59. The zero-order valence-electron chi connectivity index (χ0n) is 23.3. The molecule has 0 aliphatic carbocycles. The number of hydrogen-bond donors (Lipinski definition) is 2. The van der Waals surface area contributed by atoms with E-state index in [1.54, 1.807) is 30.9 Å². The van der Waals surface area contributed by atoms with Crippen molar-refractivity contribution >= 4 is 23.7 Å². The van der Waals surface area contributed by atoms with E-state index in [1.807, 2.05) is 20.8 Å². The van der Waals surface area contributed by atoms with Gasteiger partial charge in [0, 0.05) is 18.5 Å². The number of likely N-dealkylation sites (tertiary alicyclic amines) is 1. The van der Waals surface area contributed by atoms with Crippen LogP contribution in [0.25, 0.3) is 0 Å². The Morgan fingerprint density at radius 3 is 2.55 bits per heavy atom. The second-order valence-corrected chi connectivity index (χ2v) is 11.6. The molecular weight excluding hydrogens is 490 g/mol. The number of aliphatic hydroxyl groups is 1. The topological polar surface area (TPSA) is 125 Å². The molecule has 10 heteroatoms. The molecule has 3 heterocycles. The van der Waals surface area contributed by atoms with Crippen molar-refractivity contribution in [1.29, 1.82) is 0 Å². The van der Waals surface area contributed by atoms with Gasteiger partial charge in [0.1, 0.15) is 17.7 Å². The van der Waals surface area contributed by atoms with Crippen molar-refractivity contribution in [2.75, 3.05) is 19.7 Å². The molecule has 3 saturated heterocycles. The number of allylic oxidation sites excluding steroid dienone is 1. The van der Waals surface area contributed by atoms with Gasteiger partial charge in [-0.1, -0.05) is 12.2 Å². The number of aliphatic hydroxyl groups excluding tert-OH is 1. The maximum absolute atomic E-state index is 14.1. The zero-order valence-corrected chi connectivity index (χ0v) is 23.3. The molecule has 3 amide bonds. The van der Waals surface area contributed by atoms with E-state index in [0.29, 0.717) is 25.7 Å². The molecule has 3 fully saturated rings. The van der Waals surface area contributed by atoms with Gasteiger partial charge in [0.15, 0.2) is 0 Å². The summed E-state index contributed by atoms with van der Waals surface area (Å²) >= 11 is 0. The lowest BCUT2D eigenvalue weighted by Crippen LogP contribution is -2.61. The Labute approximate surface area is 225 Å². The molecule has 0 saturated carbocycles. The second-order valence-electron chi connectivity index (χ2n) is 11.6. The van der Waals surface area contributed by atoms with E-state index in [1.165, 1.54) is 4.90 Å². The summed E-state index contributed by atoms with van der Waals surface area (Å²) in [7, 11) is 0. The first kappa shape index (κ1) is 29.8. The molecule has 10 nitrogen and oxygen atoms in total. The van der Waals surface area contributed by atoms with E-state index in [0.717, 1.165) is 0 Å². The van der Waals surface area contributed by atoms with Crippen molar-refractivity contribution in [2.24, 2.45) is 11.8 Å². The third-order valence-corrected chi connectivity index (χ3v) is 7.85. The summed E-state index contributed by atoms with van der Waals surface area (Å²) < 4.78 is 12.1. The highest BCUT2D eigenvalue weighted by atomic mass is 16.6. The van der Waals surface area contributed by atoms with E-state index in [9.17, 15) is 24.3 Å². The molecule has 1 spiro atoms. The molecule has 3 rings (SSSR count). The standard InChI is InChI=1S/C28H43N3O7/c1-8-10-11-20(33)29-15-18(4)37-26(36)21-19-12-13-28(38-19)22(21)24(34)31(17(3)16-32)23(28)25(35)30(14-9-2)27(5,6)7/h8-9,17-19,21-23,32H,1-2,10-16H2,3-7H3,(H,29,33)/t17-,18-,19+,21-,22-,23+,28-/m1/s1. The monoisotopic (exact) mass is 533 g/mol. The van der Waals surface area contributed by atoms with Gasteiger partial charge in [-0.25, -0.2) is 0 Å². The molecule has 3 aliphatic rings. The van der Waals surface area contributed by atoms with Crippen LogP contribution in [0.3, 0.4) is 0 Å². The van der Waals surface area contributed by atoms with Gasteiger partial charge in [0.2, 0.25) is 17.7 Å². The van der Waals surface area contributed by atoms with Crippen LogP contribution in [-0.4, -0.2) is 93.7 Å². The predicted octanol–water partition coefficient (Wildman–Crippen LogP) is 1.57. The van der Waals surface area contributed by atoms with Gasteiger partial charge in [-0.15, -0.1) is 13.2 Å². The molecule has 2 N–H and O–H groups in total. The van der Waals surface area contributed by atoms with Crippen molar-refractivity contribution in [3.05, 3.63) is 25.3 Å². The van der Waals surface area contributed by atoms with Gasteiger partial charge < -0.3 is 29.7 Å². The largest absolute Gasteiger partial charge is 0.460 e. The highest BCUT2D eigenvalue weighted by molar-refractivity contribution is 5.98. The van der Waals surface area contributed by atoms with Crippen LogP contribution in [0.5, 0.6) is 0 Å². The fraction of sp³-hybridized carbons (Fsp3) is 0.714. The minimum atomic E-state index is -1.18. The van der Waals surface area contributed by atoms with Gasteiger partial charge in [-0.3, -0.25) is 19.2 Å². The van der Waals surface area contributed by atoms with Crippen LogP contribution in [0.15, 0.2) is 25.3 Å². The van der Waals surface area contributed by atoms with Crippen LogP contribution in [0, 0.1) is 11.8 Å². The van der Waals surface area contributed by atoms with Crippen LogP contribution in [0.1, 0.15) is 60.3 Å². The Kier molecular flexibility index (Phi) is 9.08. The third kappa shape index (κ3) is 5.38. The molecule has 38 heavy (non-hydrogen) atoms. The number of rotatable bonds is 12. The Hall–Kier alpha value is -2.72. The summed E-state index contributed by atoms with van der Waals surface area (Å²) in [6.07, 6.45) is 3.94. The SMILES string of the molecule is C=CCCC(=O)NC[C@@H](C)OC(=O)[C@@H]1[C@@H]2CC[C@]3(O2)[C@H](C(=O)N(CC=C)C(C)(C)C)N([C@H](C)CO)C(=O)[C@@H]13. The van der Waals surface area contributed by atoms with E-state index in [2.05, 4.69) is 18.5 Å². The lowest BCUT2D eigenvalue weighted by Gasteiger charge is -2.43. The van der Waals surface area contributed by atoms with Crippen LogP contribution < -0.4 is 5.32 Å². The van der Waals surface area contributed by atoms with Gasteiger partial charge in [-0.05, 0) is 53.9 Å². The fourth-order valence-corrected chi connectivity index (χ4v) is 6.07. The minimum Gasteiger partial charge on any atom is -0.460 e. The van der Waals surface area contributed by atoms with Gasteiger partial charge >= 0.3 is 5.97 Å². The lowest BCUT2D eigenvalue weighted by atomic mass is 9.70. The van der Waals surface area contributed by atoms with Crippen LogP contribution >= 0.6 is 0 Å². The fourth-order valence-electron chi connectivity index (χ4n) is 6.07. The minimum absolute atomic E-state index is 0.139. The molecule has 2 bridgehead atoms. The number of amides is 3. The molecule has 7 atom stereocenters. The molecule has 3 aliphatic heterocycles. The van der Waals surface area contributed by atoms with E-state index < -0.39 is 53.2 Å². The Morgan fingerprint density at radius 1 is 1.29 bits per heavy atom. The summed E-state index contributed by atoms with van der Waals surface area (Å²) in [5.41, 5.74) is -1.74. The number of fused-ring (bicyclic) bond motifs is 1. The summed E-state index contributed by atoms with van der Waals surface area (Å²) in [6, 6.07) is -1.63. The van der Waals surface area contributed by atoms with Crippen LogP contribution in [0.4, 0.5) is 0 Å². The normalized spacial score (nSPS) is 29.4. The average Bonchev–Trinajstić information content (AvgIpc) is 3.50. The Morgan fingerprint density at radius 2 is 1.97 bits per heavy atom. The van der Waals surface area contributed by atoms with Crippen LogP contribution in [-0.2, 0) is 28.7 Å². The Balaban J connectivity index is 1.87. The van der Waals surface area contributed by atoms with Gasteiger partial charge in [0.25, 0.3) is 0 Å². The number of hydrogen-bond acceptors (Lipinski definition) is 7. The number of nitrogens with zero attached hydrogens (tertiary/aromatic N) is 2. The maximum Gasteiger partial charge on any atom is 0.312 e. The second kappa shape index (κ2) is 11.6. The third-order valence-electron chi connectivity index (χ3n) is 7.85. The van der Waals surface area contributed by atoms with Crippen molar-refractivity contribution in [3.63, 3.8) is 0 Å². The van der Waals surface area contributed by atoms with E-state index >= 15 is 0 Å². The average molecular weight is 534 g/mol. The number of carbonyl (C=O) groups excluding carboxylic acids is 4. The smallest absolute Gasteiger partial charge is 0.312 e. The highest BCUT2D eigenvalue weighted by Gasteiger charge is 2.75. The molecule has 0 aromatic rings. The summed E-state index contributed by atoms with van der Waals surface area (Å²) in [5, 5.41) is 12.7.